The molecule has 0 aliphatic carbocycles. The number of rotatable bonds is 5. The standard InChI is InChI=1S/C18H27N5O.HI/c1-12-7-8-15(16(9-12)23(5)6)10-20-18(19-4)21-11-17-22-13(2)14(3)24-17;/h7-9H,10-11H2,1-6H3,(H2,19,20,21);1H. The number of nitrogens with zero attached hydrogens (tertiary/aromatic N) is 3. The Labute approximate surface area is 167 Å². The van der Waals surface area contributed by atoms with E-state index < -0.39 is 0 Å². The van der Waals surface area contributed by atoms with Gasteiger partial charge in [-0.2, -0.15) is 0 Å². The smallest absolute Gasteiger partial charge is 0.214 e. The largest absolute Gasteiger partial charge is 0.444 e. The molecule has 0 aliphatic rings. The van der Waals surface area contributed by atoms with Crippen LogP contribution in [-0.4, -0.2) is 32.1 Å². The van der Waals surface area contributed by atoms with Gasteiger partial charge in [-0.15, -0.1) is 24.0 Å². The fourth-order valence-electron chi connectivity index (χ4n) is 2.41. The summed E-state index contributed by atoms with van der Waals surface area (Å²) < 4.78 is 5.57. The summed E-state index contributed by atoms with van der Waals surface area (Å²) >= 11 is 0. The summed E-state index contributed by atoms with van der Waals surface area (Å²) in [6, 6.07) is 6.45. The zero-order valence-electron chi connectivity index (χ0n) is 15.8. The van der Waals surface area contributed by atoms with E-state index in [4.69, 9.17) is 4.42 Å². The van der Waals surface area contributed by atoms with E-state index in [1.54, 1.807) is 7.05 Å². The second-order valence-corrected chi connectivity index (χ2v) is 6.06. The monoisotopic (exact) mass is 457 g/mol. The van der Waals surface area contributed by atoms with Gasteiger partial charge in [0.25, 0.3) is 0 Å². The van der Waals surface area contributed by atoms with Gasteiger partial charge >= 0.3 is 0 Å². The maximum atomic E-state index is 5.57. The van der Waals surface area contributed by atoms with Crippen molar-refractivity contribution in [3.63, 3.8) is 0 Å². The number of oxazole rings is 1. The number of guanidine groups is 1. The lowest BCUT2D eigenvalue weighted by Crippen LogP contribution is -2.36. The highest BCUT2D eigenvalue weighted by Gasteiger charge is 2.08. The van der Waals surface area contributed by atoms with Crippen LogP contribution < -0.4 is 15.5 Å². The highest BCUT2D eigenvalue weighted by Crippen LogP contribution is 2.20. The van der Waals surface area contributed by atoms with Crippen LogP contribution in [0.4, 0.5) is 5.69 Å². The molecule has 0 amide bonds. The molecule has 0 atom stereocenters. The zero-order chi connectivity index (χ0) is 17.7. The molecule has 1 aromatic carbocycles. The summed E-state index contributed by atoms with van der Waals surface area (Å²) in [6.45, 7) is 7.15. The van der Waals surface area contributed by atoms with Gasteiger partial charge in [0.1, 0.15) is 5.76 Å². The van der Waals surface area contributed by atoms with Crippen molar-refractivity contribution in [2.24, 2.45) is 4.99 Å². The molecule has 2 N–H and O–H groups in total. The van der Waals surface area contributed by atoms with E-state index in [9.17, 15) is 0 Å². The highest BCUT2D eigenvalue weighted by atomic mass is 127. The van der Waals surface area contributed by atoms with E-state index in [-0.39, 0.29) is 24.0 Å². The molecule has 6 nitrogen and oxygen atoms in total. The third kappa shape index (κ3) is 5.91. The third-order valence-electron chi connectivity index (χ3n) is 3.87. The van der Waals surface area contributed by atoms with Crippen LogP contribution in [0, 0.1) is 20.8 Å². The van der Waals surface area contributed by atoms with Gasteiger partial charge in [0.05, 0.1) is 12.2 Å². The lowest BCUT2D eigenvalue weighted by molar-refractivity contribution is 0.463. The van der Waals surface area contributed by atoms with E-state index in [2.05, 4.69) is 64.7 Å². The fourth-order valence-corrected chi connectivity index (χ4v) is 2.41. The fraction of sp³-hybridized carbons (Fsp3) is 0.444. The Kier molecular flexibility index (Phi) is 8.21. The highest BCUT2D eigenvalue weighted by molar-refractivity contribution is 14.0. The van der Waals surface area contributed by atoms with Crippen LogP contribution in [0.5, 0.6) is 0 Å². The Morgan fingerprint density at radius 2 is 1.84 bits per heavy atom. The number of halogens is 1. The van der Waals surface area contributed by atoms with E-state index in [1.807, 2.05) is 13.8 Å². The average Bonchev–Trinajstić information content (AvgIpc) is 2.86. The lowest BCUT2D eigenvalue weighted by atomic mass is 10.1. The average molecular weight is 457 g/mol. The molecule has 138 valence electrons. The van der Waals surface area contributed by atoms with Crippen LogP contribution in [0.3, 0.4) is 0 Å². The predicted molar refractivity (Wildman–Crippen MR) is 114 cm³/mol. The summed E-state index contributed by atoms with van der Waals surface area (Å²) in [5.74, 6) is 2.23. The Morgan fingerprint density at radius 3 is 2.40 bits per heavy atom. The minimum atomic E-state index is 0. The number of aryl methyl sites for hydroxylation is 3. The molecule has 2 rings (SSSR count). The molecular formula is C18H28IN5O. The molecule has 0 aliphatic heterocycles. The number of aliphatic imine (C=N–C) groups is 1. The normalized spacial score (nSPS) is 11.0. The molecule has 1 heterocycles. The summed E-state index contributed by atoms with van der Waals surface area (Å²) in [7, 11) is 5.86. The van der Waals surface area contributed by atoms with Gasteiger partial charge in [0.15, 0.2) is 5.96 Å². The second kappa shape index (κ2) is 9.65. The molecule has 0 saturated carbocycles. The maximum absolute atomic E-state index is 5.57. The van der Waals surface area contributed by atoms with Gasteiger partial charge in [-0.25, -0.2) is 4.98 Å². The Balaban J connectivity index is 0.00000312. The first kappa shape index (κ1) is 21.3. The van der Waals surface area contributed by atoms with Gasteiger partial charge in [0.2, 0.25) is 5.89 Å². The van der Waals surface area contributed by atoms with Gasteiger partial charge in [-0.1, -0.05) is 12.1 Å². The van der Waals surface area contributed by atoms with Crippen LogP contribution in [0.1, 0.15) is 28.5 Å². The minimum absolute atomic E-state index is 0. The molecule has 1 aromatic heterocycles. The van der Waals surface area contributed by atoms with Crippen molar-refractivity contribution in [1.82, 2.24) is 15.6 Å². The van der Waals surface area contributed by atoms with E-state index in [0.717, 1.165) is 11.5 Å². The molecular weight excluding hydrogens is 429 g/mol. The van der Waals surface area contributed by atoms with E-state index in [0.29, 0.717) is 24.9 Å². The van der Waals surface area contributed by atoms with Crippen molar-refractivity contribution in [3.8, 4) is 0 Å². The number of nitrogens with one attached hydrogen (secondary N) is 2. The predicted octanol–water partition coefficient (Wildman–Crippen LogP) is 3.15. The van der Waals surface area contributed by atoms with Crippen molar-refractivity contribution < 1.29 is 4.42 Å². The first-order valence-electron chi connectivity index (χ1n) is 8.05. The Hall–Kier alpha value is -1.77. The summed E-state index contributed by atoms with van der Waals surface area (Å²) in [5.41, 5.74) is 4.60. The SMILES string of the molecule is CN=C(NCc1nc(C)c(C)o1)NCc1ccc(C)cc1N(C)C.I. The minimum Gasteiger partial charge on any atom is -0.444 e. The summed E-state index contributed by atoms with van der Waals surface area (Å²) in [6.07, 6.45) is 0. The van der Waals surface area contributed by atoms with Gasteiger partial charge in [-0.05, 0) is 38.0 Å². The quantitative estimate of drug-likeness (QED) is 0.411. The Bertz CT molecular complexity index is 705. The Morgan fingerprint density at radius 1 is 1.16 bits per heavy atom. The summed E-state index contributed by atoms with van der Waals surface area (Å²) in [5, 5.41) is 6.56. The molecule has 0 spiro atoms. The van der Waals surface area contributed by atoms with Crippen LogP contribution in [0.2, 0.25) is 0 Å². The number of benzene rings is 1. The van der Waals surface area contributed by atoms with Crippen LogP contribution in [-0.2, 0) is 13.1 Å². The zero-order valence-corrected chi connectivity index (χ0v) is 18.1. The summed E-state index contributed by atoms with van der Waals surface area (Å²) in [4.78, 5) is 10.7. The van der Waals surface area contributed by atoms with E-state index >= 15 is 0 Å². The third-order valence-corrected chi connectivity index (χ3v) is 3.87. The number of anilines is 1. The van der Waals surface area contributed by atoms with Gasteiger partial charge < -0.3 is 20.0 Å². The number of hydrogen-bond donors (Lipinski definition) is 2. The van der Waals surface area contributed by atoms with Crippen molar-refractivity contribution in [2.45, 2.75) is 33.9 Å². The first-order valence-corrected chi connectivity index (χ1v) is 8.05. The molecule has 0 radical (unpaired) electrons. The topological polar surface area (TPSA) is 65.7 Å². The number of aromatic nitrogens is 1. The first-order chi connectivity index (χ1) is 11.4. The lowest BCUT2D eigenvalue weighted by Gasteiger charge is -2.19. The van der Waals surface area contributed by atoms with Crippen molar-refractivity contribution >= 4 is 35.6 Å². The molecule has 2 aromatic rings. The van der Waals surface area contributed by atoms with Crippen molar-refractivity contribution in [2.75, 3.05) is 26.0 Å². The molecule has 0 unspecified atom stereocenters. The van der Waals surface area contributed by atoms with Crippen LogP contribution in [0.25, 0.3) is 0 Å². The molecule has 25 heavy (non-hydrogen) atoms. The molecule has 0 bridgehead atoms. The molecule has 0 saturated heterocycles. The van der Waals surface area contributed by atoms with Gasteiger partial charge in [0, 0.05) is 33.4 Å². The van der Waals surface area contributed by atoms with E-state index in [1.165, 1.54) is 16.8 Å². The van der Waals surface area contributed by atoms with Crippen molar-refractivity contribution in [1.29, 1.82) is 0 Å². The van der Waals surface area contributed by atoms with Gasteiger partial charge in [-0.3, -0.25) is 4.99 Å². The second-order valence-electron chi connectivity index (χ2n) is 6.06. The van der Waals surface area contributed by atoms with Crippen molar-refractivity contribution in [3.05, 3.63) is 46.7 Å². The maximum Gasteiger partial charge on any atom is 0.214 e. The molecule has 7 heteroatoms. The van der Waals surface area contributed by atoms with Crippen LogP contribution in [0.15, 0.2) is 27.6 Å². The van der Waals surface area contributed by atoms with Crippen LogP contribution >= 0.6 is 24.0 Å². The molecule has 0 fully saturated rings. The number of hydrogen-bond acceptors (Lipinski definition) is 4.